The van der Waals surface area contributed by atoms with Crippen molar-refractivity contribution in [3.05, 3.63) is 16.5 Å². The Hall–Kier alpha value is -1.50. The highest BCUT2D eigenvalue weighted by Crippen LogP contribution is 2.25. The van der Waals surface area contributed by atoms with E-state index in [9.17, 15) is 9.59 Å². The molecule has 0 aliphatic carbocycles. The average Bonchev–Trinajstić information content (AvgIpc) is 2.32. The van der Waals surface area contributed by atoms with Crippen LogP contribution in [-0.4, -0.2) is 34.4 Å². The van der Waals surface area contributed by atoms with Gasteiger partial charge in [0.25, 0.3) is 0 Å². The molecule has 1 fully saturated rings. The largest absolute Gasteiger partial charge is 0.335 e. The number of carbonyl (C=O) groups is 2. The number of hydrogen-bond donors (Lipinski definition) is 1. The second-order valence-electron chi connectivity index (χ2n) is 5.84. The number of aromatic nitrogens is 2. The minimum atomic E-state index is -0.442. The summed E-state index contributed by atoms with van der Waals surface area (Å²) in [6.45, 7) is 7.89. The maximum absolute atomic E-state index is 11.7. The molecule has 1 saturated heterocycles. The zero-order chi connectivity index (χ0) is 15.1. The molecule has 1 aliphatic rings. The third-order valence-corrected chi connectivity index (χ3v) is 3.48. The molecule has 1 aromatic rings. The van der Waals surface area contributed by atoms with Crippen LogP contribution in [0.5, 0.6) is 0 Å². The molecule has 1 N–H and O–H groups in total. The van der Waals surface area contributed by atoms with Crippen molar-refractivity contribution in [1.82, 2.24) is 15.3 Å². The van der Waals surface area contributed by atoms with Crippen molar-refractivity contribution in [1.29, 1.82) is 0 Å². The van der Waals surface area contributed by atoms with E-state index in [0.29, 0.717) is 16.2 Å². The summed E-state index contributed by atoms with van der Waals surface area (Å²) in [6.07, 6.45) is 0. The molecule has 108 valence electrons. The van der Waals surface area contributed by atoms with Gasteiger partial charge in [0.05, 0.1) is 6.54 Å². The van der Waals surface area contributed by atoms with Gasteiger partial charge in [-0.3, -0.25) is 14.9 Å². The van der Waals surface area contributed by atoms with Crippen molar-refractivity contribution in [3.8, 4) is 0 Å². The van der Waals surface area contributed by atoms with Crippen LogP contribution in [0.2, 0.25) is 0 Å². The maximum Gasteiger partial charge on any atom is 0.249 e. The van der Waals surface area contributed by atoms with Crippen molar-refractivity contribution in [2.45, 2.75) is 39.2 Å². The number of imide groups is 1. The summed E-state index contributed by atoms with van der Waals surface area (Å²) in [5.41, 5.74) is -0.218. The molecule has 1 unspecified atom stereocenters. The topological polar surface area (TPSA) is 75.2 Å². The summed E-state index contributed by atoms with van der Waals surface area (Å²) >= 11 is 3.36. The van der Waals surface area contributed by atoms with Gasteiger partial charge in [0.15, 0.2) is 0 Å². The summed E-state index contributed by atoms with van der Waals surface area (Å²) < 4.78 is 0.637. The number of rotatable bonds is 1. The first-order valence-corrected chi connectivity index (χ1v) is 7.13. The van der Waals surface area contributed by atoms with E-state index in [1.165, 1.54) is 0 Å². The van der Waals surface area contributed by atoms with Crippen molar-refractivity contribution in [3.63, 3.8) is 0 Å². The lowest BCUT2D eigenvalue weighted by Crippen LogP contribution is -2.57. The maximum atomic E-state index is 11.7. The first-order valence-electron chi connectivity index (χ1n) is 6.34. The van der Waals surface area contributed by atoms with Crippen molar-refractivity contribution in [2.24, 2.45) is 0 Å². The Morgan fingerprint density at radius 3 is 2.60 bits per heavy atom. The minimum Gasteiger partial charge on any atom is -0.335 e. The number of carbonyl (C=O) groups excluding carboxylic acids is 2. The van der Waals surface area contributed by atoms with E-state index < -0.39 is 6.04 Å². The van der Waals surface area contributed by atoms with Gasteiger partial charge in [-0.15, -0.1) is 0 Å². The van der Waals surface area contributed by atoms with Crippen LogP contribution in [0.15, 0.2) is 10.7 Å². The van der Waals surface area contributed by atoms with Crippen molar-refractivity contribution in [2.75, 3.05) is 11.4 Å². The molecule has 2 heterocycles. The van der Waals surface area contributed by atoms with Gasteiger partial charge in [0, 0.05) is 11.5 Å². The Bertz CT molecular complexity index is 568. The third-order valence-electron chi connectivity index (χ3n) is 3.07. The number of amides is 2. The Balaban J connectivity index is 2.44. The van der Waals surface area contributed by atoms with Crippen molar-refractivity contribution >= 4 is 33.6 Å². The molecular formula is C13H17BrN4O2. The fourth-order valence-electron chi connectivity index (χ4n) is 1.88. The predicted octanol–water partition coefficient (Wildman–Crippen LogP) is 1.39. The molecule has 0 saturated carbocycles. The van der Waals surface area contributed by atoms with Crippen LogP contribution in [0.1, 0.15) is 33.5 Å². The lowest BCUT2D eigenvalue weighted by Gasteiger charge is -2.33. The van der Waals surface area contributed by atoms with Crippen LogP contribution in [0, 0.1) is 0 Å². The number of anilines is 1. The molecular weight excluding hydrogens is 324 g/mol. The zero-order valence-electron chi connectivity index (χ0n) is 11.9. The average molecular weight is 341 g/mol. The highest BCUT2D eigenvalue weighted by atomic mass is 79.9. The van der Waals surface area contributed by atoms with Crippen LogP contribution in [-0.2, 0) is 15.0 Å². The first kappa shape index (κ1) is 14.9. The standard InChI is InChI=1S/C13H17BrN4O2/c1-7-11(20)17-10(19)6-18(7)9-5-8(14)15-12(16-9)13(2,3)4/h5,7H,6H2,1-4H3,(H,17,19,20). The highest BCUT2D eigenvalue weighted by molar-refractivity contribution is 9.10. The van der Waals surface area contributed by atoms with Crippen LogP contribution in [0.3, 0.4) is 0 Å². The Morgan fingerprint density at radius 2 is 2.00 bits per heavy atom. The first-order chi connectivity index (χ1) is 9.18. The minimum absolute atomic E-state index is 0.111. The summed E-state index contributed by atoms with van der Waals surface area (Å²) in [5.74, 6) is 0.605. The van der Waals surface area contributed by atoms with E-state index in [2.05, 4.69) is 31.2 Å². The molecule has 2 amide bonds. The molecule has 0 radical (unpaired) electrons. The summed E-state index contributed by atoms with van der Waals surface area (Å²) in [5, 5.41) is 2.31. The van der Waals surface area contributed by atoms with E-state index in [1.54, 1.807) is 17.9 Å². The van der Waals surface area contributed by atoms with E-state index in [1.807, 2.05) is 20.8 Å². The molecule has 1 aliphatic heterocycles. The molecule has 1 atom stereocenters. The zero-order valence-corrected chi connectivity index (χ0v) is 13.5. The normalized spacial score (nSPS) is 20.1. The lowest BCUT2D eigenvalue weighted by atomic mass is 9.96. The number of hydrogen-bond acceptors (Lipinski definition) is 5. The van der Waals surface area contributed by atoms with Crippen LogP contribution in [0.25, 0.3) is 0 Å². The third kappa shape index (κ3) is 2.98. The quantitative estimate of drug-likeness (QED) is 0.617. The van der Waals surface area contributed by atoms with Gasteiger partial charge in [-0.2, -0.15) is 0 Å². The summed E-state index contributed by atoms with van der Waals surface area (Å²) in [7, 11) is 0. The Morgan fingerprint density at radius 1 is 1.35 bits per heavy atom. The van der Waals surface area contributed by atoms with Crippen molar-refractivity contribution < 1.29 is 9.59 Å². The van der Waals surface area contributed by atoms with Gasteiger partial charge in [-0.05, 0) is 22.9 Å². The number of halogens is 1. The van der Waals surface area contributed by atoms with Gasteiger partial charge >= 0.3 is 0 Å². The Labute approximate surface area is 126 Å². The van der Waals surface area contributed by atoms with E-state index in [0.717, 1.165) is 0 Å². The number of piperazine rings is 1. The molecule has 7 heteroatoms. The summed E-state index contributed by atoms with van der Waals surface area (Å²) in [6, 6.07) is 1.28. The van der Waals surface area contributed by atoms with Crippen LogP contribution in [0.4, 0.5) is 5.82 Å². The second-order valence-corrected chi connectivity index (χ2v) is 6.65. The second kappa shape index (κ2) is 5.12. The SMILES string of the molecule is CC1C(=O)NC(=O)CN1c1cc(Br)nc(C(C)(C)C)n1. The molecule has 0 aromatic carbocycles. The fraction of sp³-hybridized carbons (Fsp3) is 0.538. The molecule has 0 spiro atoms. The van der Waals surface area contributed by atoms with E-state index in [-0.39, 0.29) is 23.8 Å². The van der Waals surface area contributed by atoms with Crippen LogP contribution < -0.4 is 10.2 Å². The van der Waals surface area contributed by atoms with E-state index in [4.69, 9.17) is 0 Å². The molecule has 0 bridgehead atoms. The van der Waals surface area contributed by atoms with Gasteiger partial charge < -0.3 is 4.90 Å². The monoisotopic (exact) mass is 340 g/mol. The van der Waals surface area contributed by atoms with Crippen LogP contribution >= 0.6 is 15.9 Å². The molecule has 2 rings (SSSR count). The van der Waals surface area contributed by atoms with Gasteiger partial charge in [0.1, 0.15) is 22.3 Å². The van der Waals surface area contributed by atoms with E-state index >= 15 is 0 Å². The number of nitrogens with one attached hydrogen (secondary N) is 1. The molecule has 20 heavy (non-hydrogen) atoms. The van der Waals surface area contributed by atoms with Gasteiger partial charge in [-0.1, -0.05) is 20.8 Å². The van der Waals surface area contributed by atoms with Gasteiger partial charge in [0.2, 0.25) is 11.8 Å². The predicted molar refractivity (Wildman–Crippen MR) is 78.4 cm³/mol. The molecule has 1 aromatic heterocycles. The lowest BCUT2D eigenvalue weighted by molar-refractivity contribution is -0.132. The van der Waals surface area contributed by atoms with Gasteiger partial charge in [-0.25, -0.2) is 9.97 Å². The molecule has 6 nitrogen and oxygen atoms in total. The highest BCUT2D eigenvalue weighted by Gasteiger charge is 2.32. The Kier molecular flexibility index (Phi) is 3.82. The summed E-state index contributed by atoms with van der Waals surface area (Å²) in [4.78, 5) is 33.8. The fourth-order valence-corrected chi connectivity index (χ4v) is 2.25. The smallest absolute Gasteiger partial charge is 0.249 e. The number of nitrogens with zero attached hydrogens (tertiary/aromatic N) is 3.